The van der Waals surface area contributed by atoms with Crippen molar-refractivity contribution < 1.29 is 9.90 Å². The number of rotatable bonds is 2. The summed E-state index contributed by atoms with van der Waals surface area (Å²) in [6.45, 7) is 1.72. The highest BCUT2D eigenvalue weighted by atomic mass is 35.5. The van der Waals surface area contributed by atoms with E-state index in [0.29, 0.717) is 21.8 Å². The molecule has 1 atom stereocenters. The molecule has 0 aliphatic heterocycles. The third-order valence-electron chi connectivity index (χ3n) is 2.06. The number of carboxylic acid groups (broad SMARTS) is 1. The number of hydrogen-bond donors (Lipinski definition) is 3. The summed E-state index contributed by atoms with van der Waals surface area (Å²) in [6, 6.07) is 2.02. The van der Waals surface area contributed by atoms with Crippen LogP contribution in [-0.2, 0) is 4.79 Å². The summed E-state index contributed by atoms with van der Waals surface area (Å²) in [6.07, 6.45) is 0. The van der Waals surface area contributed by atoms with Crippen LogP contribution in [0.3, 0.4) is 0 Å². The van der Waals surface area contributed by atoms with Crippen molar-refractivity contribution in [3.63, 3.8) is 0 Å². The van der Waals surface area contributed by atoms with Gasteiger partial charge in [0.2, 0.25) is 0 Å². The number of carboxylic acids is 1. The summed E-state index contributed by atoms with van der Waals surface area (Å²) in [7, 11) is 0. The van der Waals surface area contributed by atoms with Crippen molar-refractivity contribution in [2.45, 2.75) is 13.0 Å². The van der Waals surface area contributed by atoms with E-state index in [4.69, 9.17) is 28.2 Å². The van der Waals surface area contributed by atoms with Gasteiger partial charge in [0.05, 0.1) is 5.02 Å². The first-order valence-electron chi connectivity index (χ1n) is 3.98. The van der Waals surface area contributed by atoms with Gasteiger partial charge in [-0.2, -0.15) is 0 Å². The van der Waals surface area contributed by atoms with E-state index in [1.807, 2.05) is 0 Å². The monoisotopic (exact) mass is 214 g/mol. The van der Waals surface area contributed by atoms with Crippen LogP contribution in [0.4, 0.5) is 5.69 Å². The molecule has 0 spiro atoms. The Morgan fingerprint density at radius 2 is 2.14 bits per heavy atom. The fourth-order valence-corrected chi connectivity index (χ4v) is 1.38. The molecule has 1 unspecified atom stereocenters. The lowest BCUT2D eigenvalue weighted by atomic mass is 10.0. The van der Waals surface area contributed by atoms with Crippen molar-refractivity contribution in [1.82, 2.24) is 0 Å². The molecule has 1 aromatic carbocycles. The zero-order chi connectivity index (χ0) is 10.9. The van der Waals surface area contributed by atoms with Crippen LogP contribution in [0, 0.1) is 6.92 Å². The average molecular weight is 215 g/mol. The topological polar surface area (TPSA) is 89.3 Å². The van der Waals surface area contributed by atoms with E-state index < -0.39 is 12.0 Å². The van der Waals surface area contributed by atoms with Crippen molar-refractivity contribution >= 4 is 23.3 Å². The van der Waals surface area contributed by atoms with Gasteiger partial charge in [-0.1, -0.05) is 17.7 Å². The van der Waals surface area contributed by atoms with Crippen molar-refractivity contribution in [3.05, 3.63) is 28.3 Å². The molecule has 0 fully saturated rings. The molecule has 1 rings (SSSR count). The molecule has 4 nitrogen and oxygen atoms in total. The van der Waals surface area contributed by atoms with Gasteiger partial charge < -0.3 is 16.6 Å². The molecular formula is C9H11ClN2O2. The molecule has 0 amide bonds. The number of anilines is 1. The van der Waals surface area contributed by atoms with Crippen LogP contribution < -0.4 is 11.5 Å². The Hall–Kier alpha value is -1.26. The van der Waals surface area contributed by atoms with E-state index in [2.05, 4.69) is 0 Å². The molecule has 0 radical (unpaired) electrons. The maximum Gasteiger partial charge on any atom is 0.325 e. The van der Waals surface area contributed by atoms with E-state index in [9.17, 15) is 4.79 Å². The molecule has 0 heterocycles. The van der Waals surface area contributed by atoms with Crippen molar-refractivity contribution in [2.24, 2.45) is 5.73 Å². The van der Waals surface area contributed by atoms with Gasteiger partial charge in [-0.15, -0.1) is 0 Å². The molecule has 76 valence electrons. The Balaban J connectivity index is 3.24. The maximum absolute atomic E-state index is 10.6. The lowest BCUT2D eigenvalue weighted by Crippen LogP contribution is -2.21. The molecular weight excluding hydrogens is 204 g/mol. The minimum atomic E-state index is -1.11. The number of carbonyl (C=O) groups is 1. The van der Waals surface area contributed by atoms with E-state index >= 15 is 0 Å². The predicted octanol–water partition coefficient (Wildman–Crippen LogP) is 1.32. The smallest absolute Gasteiger partial charge is 0.325 e. The summed E-state index contributed by atoms with van der Waals surface area (Å²) in [5, 5.41) is 9.02. The van der Waals surface area contributed by atoms with Crippen LogP contribution >= 0.6 is 11.6 Å². The van der Waals surface area contributed by atoms with Crippen LogP contribution in [0.15, 0.2) is 12.1 Å². The number of nitrogen functional groups attached to an aromatic ring is 1. The quantitative estimate of drug-likeness (QED) is 0.648. The van der Waals surface area contributed by atoms with Gasteiger partial charge in [0, 0.05) is 5.69 Å². The lowest BCUT2D eigenvalue weighted by molar-refractivity contribution is -0.138. The van der Waals surface area contributed by atoms with Gasteiger partial charge in [-0.3, -0.25) is 4.79 Å². The minimum absolute atomic E-state index is 0.319. The standard InChI is InChI=1S/C9H11ClN2O2/c1-4-6(11)3-2-5(7(4)10)8(12)9(13)14/h2-3,8H,11-12H2,1H3,(H,13,14). The van der Waals surface area contributed by atoms with E-state index in [1.165, 1.54) is 6.07 Å². The highest BCUT2D eigenvalue weighted by Crippen LogP contribution is 2.28. The molecule has 5 N–H and O–H groups in total. The Kier molecular flexibility index (Phi) is 2.98. The van der Waals surface area contributed by atoms with Gasteiger partial charge in [0.15, 0.2) is 0 Å². The van der Waals surface area contributed by atoms with E-state index in [0.717, 1.165) is 0 Å². The number of hydrogen-bond acceptors (Lipinski definition) is 3. The summed E-state index contributed by atoms with van der Waals surface area (Å²) < 4.78 is 0. The van der Waals surface area contributed by atoms with Gasteiger partial charge in [0.1, 0.15) is 6.04 Å². The van der Waals surface area contributed by atoms with Gasteiger partial charge in [0.25, 0.3) is 0 Å². The fraction of sp³-hybridized carbons (Fsp3) is 0.222. The Morgan fingerprint density at radius 1 is 1.57 bits per heavy atom. The first kappa shape index (κ1) is 10.8. The Bertz CT molecular complexity index is 379. The second kappa shape index (κ2) is 3.86. The largest absolute Gasteiger partial charge is 0.480 e. The number of halogens is 1. The summed E-state index contributed by atoms with van der Waals surface area (Å²) in [5.41, 5.74) is 12.6. The second-order valence-electron chi connectivity index (χ2n) is 3.00. The number of benzene rings is 1. The number of aliphatic carboxylic acids is 1. The number of nitrogens with two attached hydrogens (primary N) is 2. The highest BCUT2D eigenvalue weighted by molar-refractivity contribution is 6.32. The molecule has 0 aliphatic carbocycles. The van der Waals surface area contributed by atoms with E-state index in [1.54, 1.807) is 13.0 Å². The minimum Gasteiger partial charge on any atom is -0.480 e. The van der Waals surface area contributed by atoms with Crippen molar-refractivity contribution in [2.75, 3.05) is 5.73 Å². The van der Waals surface area contributed by atoms with Crippen LogP contribution in [0.2, 0.25) is 5.02 Å². The molecule has 1 aromatic rings. The second-order valence-corrected chi connectivity index (χ2v) is 3.38. The normalized spacial score (nSPS) is 12.5. The SMILES string of the molecule is Cc1c(N)ccc(C(N)C(=O)O)c1Cl. The zero-order valence-corrected chi connectivity index (χ0v) is 8.38. The molecule has 0 aromatic heterocycles. The Labute approximate surface area is 86.5 Å². The van der Waals surface area contributed by atoms with E-state index in [-0.39, 0.29) is 0 Å². The third kappa shape index (κ3) is 1.81. The van der Waals surface area contributed by atoms with Crippen molar-refractivity contribution in [3.8, 4) is 0 Å². The zero-order valence-electron chi connectivity index (χ0n) is 7.62. The molecule has 0 saturated heterocycles. The summed E-state index contributed by atoms with van der Waals surface area (Å²) in [5.74, 6) is -1.11. The molecule has 0 aliphatic rings. The van der Waals surface area contributed by atoms with Gasteiger partial charge in [-0.25, -0.2) is 0 Å². The predicted molar refractivity (Wildman–Crippen MR) is 55.2 cm³/mol. The molecule has 0 saturated carbocycles. The summed E-state index contributed by atoms with van der Waals surface area (Å²) in [4.78, 5) is 10.6. The van der Waals surface area contributed by atoms with Gasteiger partial charge >= 0.3 is 5.97 Å². The highest BCUT2D eigenvalue weighted by Gasteiger charge is 2.18. The summed E-state index contributed by atoms with van der Waals surface area (Å²) >= 11 is 5.91. The fourth-order valence-electron chi connectivity index (χ4n) is 1.09. The lowest BCUT2D eigenvalue weighted by Gasteiger charge is -2.12. The van der Waals surface area contributed by atoms with Gasteiger partial charge in [-0.05, 0) is 24.1 Å². The third-order valence-corrected chi connectivity index (χ3v) is 2.56. The first-order valence-corrected chi connectivity index (χ1v) is 4.35. The molecule has 5 heteroatoms. The molecule has 14 heavy (non-hydrogen) atoms. The van der Waals surface area contributed by atoms with Crippen LogP contribution in [0.5, 0.6) is 0 Å². The first-order chi connectivity index (χ1) is 6.45. The maximum atomic E-state index is 10.6. The average Bonchev–Trinajstić information content (AvgIpc) is 2.13. The van der Waals surface area contributed by atoms with Crippen LogP contribution in [-0.4, -0.2) is 11.1 Å². The Morgan fingerprint density at radius 3 is 2.64 bits per heavy atom. The molecule has 0 bridgehead atoms. The van der Waals surface area contributed by atoms with Crippen LogP contribution in [0.1, 0.15) is 17.2 Å². The van der Waals surface area contributed by atoms with Crippen molar-refractivity contribution in [1.29, 1.82) is 0 Å². The van der Waals surface area contributed by atoms with Crippen LogP contribution in [0.25, 0.3) is 0 Å².